The van der Waals surface area contributed by atoms with Gasteiger partial charge in [0, 0.05) is 35.7 Å². The molecule has 6 aromatic rings. The molecular weight excluding hydrogens is 1160 g/mol. The molecule has 13 N–H and O–H groups in total. The number of halogens is 2. The molecule has 0 saturated heterocycles. The maximum atomic E-state index is 15.0. The summed E-state index contributed by atoms with van der Waals surface area (Å²) in [5.74, 6) is -6.94. The first kappa shape index (κ1) is 59.0. The van der Waals surface area contributed by atoms with Crippen molar-refractivity contribution in [3.63, 3.8) is 0 Å². The van der Waals surface area contributed by atoms with Crippen molar-refractivity contribution in [1.29, 1.82) is 0 Å². The number of hydrogen-bond donors (Lipinski definition) is 12. The Balaban J connectivity index is 0.949. The van der Waals surface area contributed by atoms with Crippen LogP contribution in [-0.4, -0.2) is 91.6 Å². The molecule has 12 bridgehead atoms. The predicted octanol–water partition coefficient (Wildman–Crippen LogP) is 7.64. The molecule has 4 aliphatic carbocycles. The quantitative estimate of drug-likeness (QED) is 0.0524. The number of alkyl carbamates (subject to hydrolysis) is 1. The zero-order chi connectivity index (χ0) is 60.8. The smallest absolute Gasteiger partial charge is 0.408 e. The molecule has 3 aliphatic heterocycles. The zero-order valence-electron chi connectivity index (χ0n) is 45.9. The van der Waals surface area contributed by atoms with E-state index in [1.807, 2.05) is 0 Å². The van der Waals surface area contributed by atoms with E-state index in [-0.39, 0.29) is 97.6 Å². The molecule has 24 heteroatoms. The summed E-state index contributed by atoms with van der Waals surface area (Å²) in [6, 6.07) is 15.2. The van der Waals surface area contributed by atoms with E-state index in [4.69, 9.17) is 47.9 Å². The third-order valence-electron chi connectivity index (χ3n) is 16.9. The van der Waals surface area contributed by atoms with Gasteiger partial charge in [-0.15, -0.1) is 0 Å². The average Bonchev–Trinajstić information content (AvgIpc) is 1.05. The van der Waals surface area contributed by atoms with Crippen LogP contribution in [0.15, 0.2) is 103 Å². The van der Waals surface area contributed by atoms with Crippen LogP contribution in [0.5, 0.6) is 46.0 Å². The Morgan fingerprint density at radius 1 is 0.721 bits per heavy atom. The summed E-state index contributed by atoms with van der Waals surface area (Å²) >= 11 is 13.5. The normalized spacial score (nSPS) is 24.1. The van der Waals surface area contributed by atoms with Gasteiger partial charge in [0.25, 0.3) is 0 Å². The van der Waals surface area contributed by atoms with Gasteiger partial charge >= 0.3 is 18.0 Å². The number of aromatic hydroxyl groups is 4. The zero-order valence-corrected chi connectivity index (χ0v) is 47.4. The molecule has 0 radical (unpaired) electrons. The number of rotatable bonds is 12. The average molecular weight is 1220 g/mol. The molecule has 13 rings (SSSR count). The van der Waals surface area contributed by atoms with E-state index >= 15 is 0 Å². The van der Waals surface area contributed by atoms with Crippen molar-refractivity contribution in [3.8, 4) is 57.1 Å². The molecule has 448 valence electrons. The summed E-state index contributed by atoms with van der Waals surface area (Å²) in [5, 5.41) is 83.3. The Bertz CT molecular complexity index is 3670. The van der Waals surface area contributed by atoms with Gasteiger partial charge in [0.15, 0.2) is 17.5 Å². The number of esters is 1. The lowest BCUT2D eigenvalue weighted by Gasteiger charge is -2.54. The number of hydrogen-bond acceptors (Lipinski definition) is 17. The van der Waals surface area contributed by atoms with Crippen molar-refractivity contribution in [1.82, 2.24) is 26.6 Å². The summed E-state index contributed by atoms with van der Waals surface area (Å²) < 4.78 is 22.6. The SMILES string of the molecule is COC(=O)[C@@H]1NC(=O)C2NC(=O)C(NC(=O)C(N)c3cc(Oc4ccc(CC(NC(=O)OCc5ccccc5)C(=O)O)cc4Cl)c(O)c(c3)Oc3ccc(cc3Cl)C2O)c2ccc(O)c(c2)-c2c1cc(O)c(CNC1C3CC4CC(C3)CC1C4)c2O. The van der Waals surface area contributed by atoms with Crippen molar-refractivity contribution in [2.24, 2.45) is 29.4 Å². The number of methoxy groups -OCH3 is 1. The highest BCUT2D eigenvalue weighted by Crippen LogP contribution is 2.55. The van der Waals surface area contributed by atoms with Crippen LogP contribution in [0.1, 0.15) is 95.3 Å². The molecule has 5 unspecified atom stereocenters. The fourth-order valence-corrected chi connectivity index (χ4v) is 13.4. The topological polar surface area (TPSA) is 347 Å². The maximum Gasteiger partial charge on any atom is 0.408 e. The van der Waals surface area contributed by atoms with Crippen molar-refractivity contribution in [2.75, 3.05) is 7.11 Å². The maximum absolute atomic E-state index is 15.0. The first-order valence-corrected chi connectivity index (χ1v) is 28.5. The summed E-state index contributed by atoms with van der Waals surface area (Å²) in [6.45, 7) is -0.141. The number of ether oxygens (including phenoxy) is 4. The summed E-state index contributed by atoms with van der Waals surface area (Å²) in [6.07, 6.45) is 2.31. The monoisotopic (exact) mass is 1210 g/mol. The Labute approximate surface area is 501 Å². The van der Waals surface area contributed by atoms with Crippen molar-refractivity contribution < 1.29 is 78.4 Å². The van der Waals surface area contributed by atoms with Crippen LogP contribution in [0.25, 0.3) is 11.1 Å². The first-order valence-electron chi connectivity index (χ1n) is 27.8. The van der Waals surface area contributed by atoms with E-state index < -0.39 is 95.1 Å². The van der Waals surface area contributed by atoms with Crippen LogP contribution in [0, 0.1) is 23.7 Å². The van der Waals surface area contributed by atoms with Crippen LogP contribution >= 0.6 is 23.2 Å². The van der Waals surface area contributed by atoms with Crippen LogP contribution in [-0.2, 0) is 53.0 Å². The molecule has 0 aromatic heterocycles. The van der Waals surface area contributed by atoms with Gasteiger partial charge in [-0.2, -0.15) is 0 Å². The number of nitrogens with two attached hydrogens (primary N) is 1. The molecule has 86 heavy (non-hydrogen) atoms. The second kappa shape index (κ2) is 24.3. The molecule has 4 fully saturated rings. The van der Waals surface area contributed by atoms with Crippen molar-refractivity contribution in [2.45, 2.75) is 94.0 Å². The van der Waals surface area contributed by atoms with Crippen LogP contribution in [0.2, 0.25) is 10.0 Å². The van der Waals surface area contributed by atoms with Crippen LogP contribution in [0.4, 0.5) is 4.79 Å². The number of nitrogens with one attached hydrogen (secondary N) is 5. The largest absolute Gasteiger partial charge is 0.507 e. The summed E-state index contributed by atoms with van der Waals surface area (Å²) in [7, 11) is 1.04. The number of carboxylic acids is 1. The minimum Gasteiger partial charge on any atom is -0.507 e. The number of carbonyl (C=O) groups is 6. The lowest BCUT2D eigenvalue weighted by molar-refractivity contribution is -0.146. The van der Waals surface area contributed by atoms with E-state index in [9.17, 15) is 59.4 Å². The molecule has 3 heterocycles. The summed E-state index contributed by atoms with van der Waals surface area (Å²) in [4.78, 5) is 83.3. The van der Waals surface area contributed by atoms with Crippen molar-refractivity contribution >= 4 is 59.0 Å². The first-order chi connectivity index (χ1) is 41.2. The number of phenols is 4. The summed E-state index contributed by atoms with van der Waals surface area (Å²) in [5.41, 5.74) is 6.79. The van der Waals surface area contributed by atoms with Gasteiger partial charge in [0.05, 0.1) is 22.7 Å². The van der Waals surface area contributed by atoms with Gasteiger partial charge in [-0.1, -0.05) is 71.7 Å². The van der Waals surface area contributed by atoms with E-state index in [0.29, 0.717) is 34.8 Å². The highest BCUT2D eigenvalue weighted by molar-refractivity contribution is 6.32. The molecule has 6 aromatic carbocycles. The van der Waals surface area contributed by atoms with Gasteiger partial charge in [0.1, 0.15) is 65.6 Å². The Morgan fingerprint density at radius 2 is 1.44 bits per heavy atom. The number of carboxylic acid groups (broad SMARTS) is 1. The Kier molecular flexibility index (Phi) is 16.6. The van der Waals surface area contributed by atoms with Gasteiger partial charge in [-0.05, 0) is 138 Å². The van der Waals surface area contributed by atoms with Gasteiger partial charge in [-0.25, -0.2) is 14.4 Å². The number of carbonyl (C=O) groups excluding carboxylic acids is 5. The van der Waals surface area contributed by atoms with Gasteiger partial charge < -0.3 is 81.9 Å². The highest BCUT2D eigenvalue weighted by Gasteiger charge is 2.48. The molecule has 4 amide bonds. The van der Waals surface area contributed by atoms with E-state index in [2.05, 4.69) is 26.6 Å². The number of aliphatic carboxylic acids is 1. The molecule has 22 nitrogen and oxygen atoms in total. The van der Waals surface area contributed by atoms with Crippen LogP contribution in [0.3, 0.4) is 0 Å². The minimum atomic E-state index is -2.01. The molecule has 4 saturated carbocycles. The lowest BCUT2D eigenvalue weighted by Crippen LogP contribution is -2.54. The van der Waals surface area contributed by atoms with Crippen LogP contribution < -0.4 is 41.8 Å². The lowest BCUT2D eigenvalue weighted by atomic mass is 9.54. The molecular formula is C62H60Cl2N6O16. The Hall–Kier alpha value is -8.80. The number of fused-ring (bicyclic) bond motifs is 8. The number of phenolic OH excluding ortho intramolecular Hbond substituents is 4. The van der Waals surface area contributed by atoms with E-state index in [1.54, 1.807) is 30.3 Å². The van der Waals surface area contributed by atoms with E-state index in [0.717, 1.165) is 32.8 Å². The number of aliphatic hydroxyl groups is 1. The minimum absolute atomic E-state index is 0.00484. The molecule has 7 aliphatic rings. The molecule has 0 spiro atoms. The second-order valence-electron chi connectivity index (χ2n) is 22.4. The fraction of sp³-hybridized carbons (Fsp3) is 0.323. The van der Waals surface area contributed by atoms with E-state index in [1.165, 1.54) is 79.2 Å². The molecule has 6 atom stereocenters. The highest BCUT2D eigenvalue weighted by atomic mass is 35.5. The van der Waals surface area contributed by atoms with Gasteiger partial charge in [-0.3, -0.25) is 14.4 Å². The predicted molar refractivity (Wildman–Crippen MR) is 308 cm³/mol. The number of amides is 4. The third kappa shape index (κ3) is 11.9. The standard InChI is InChI=1S/C62H60Cl2N6O16/c1-83-61(81)52-37-24-43(72)38(25-66-50-34-14-29-13-30(16-34)17-35(50)15-29)55(74)48(37)36-20-31(8-10-42(36)71)51-58(77)70-53(59(78)69-52)54(73)32-9-12-45(40(64)21-32)86-47-23-33(49(65)57(76)68-51)22-46(56(47)75)85-44-11-7-28(18-39(44)63)19-41(60(79)80)67-62(82)84-26-27-5-3-2-4-6-27/h2-12,18,20-24,29-30,34-35,41,49-54,66,71-75H,13-17,19,25-26,65H2,1H3,(H,67,82)(H,68,76)(H,69,78)(H,70,77)(H,79,80)/t29?,30?,34?,35?,41?,49?,50?,51?,52-,53?,54?/m1/s1. The second-order valence-corrected chi connectivity index (χ2v) is 23.3. The third-order valence-corrected chi connectivity index (χ3v) is 17.5. The fourth-order valence-electron chi connectivity index (χ4n) is 12.9. The Morgan fingerprint density at radius 3 is 2.13 bits per heavy atom. The number of benzene rings is 6. The van der Waals surface area contributed by atoms with Gasteiger partial charge in [0.2, 0.25) is 23.5 Å². The van der Waals surface area contributed by atoms with Crippen molar-refractivity contribution in [3.05, 3.63) is 152 Å². The number of aliphatic hydroxyl groups excluding tert-OH is 1.